The van der Waals surface area contributed by atoms with Gasteiger partial charge in [-0.3, -0.25) is 19.6 Å². The molecule has 1 aromatic heterocycles. The van der Waals surface area contributed by atoms with Gasteiger partial charge in [0.25, 0.3) is 0 Å². The van der Waals surface area contributed by atoms with E-state index in [9.17, 15) is 23.3 Å². The Kier molecular flexibility index (Phi) is 4.52. The zero-order valence-electron chi connectivity index (χ0n) is 15.0. The summed E-state index contributed by atoms with van der Waals surface area (Å²) in [6, 6.07) is 4.21. The molecule has 0 aliphatic carbocycles. The first-order chi connectivity index (χ1) is 12.5. The molecule has 0 radical (unpaired) electrons. The van der Waals surface area contributed by atoms with Crippen LogP contribution in [0, 0.1) is 24.0 Å². The van der Waals surface area contributed by atoms with E-state index >= 15 is 0 Å². The molecule has 0 bridgehead atoms. The van der Waals surface area contributed by atoms with Gasteiger partial charge in [-0.2, -0.15) is 5.10 Å². The van der Waals surface area contributed by atoms with Crippen LogP contribution in [0.25, 0.3) is 0 Å². The molecule has 1 atom stereocenters. The summed E-state index contributed by atoms with van der Waals surface area (Å²) >= 11 is 0. The maximum absolute atomic E-state index is 12.9. The Balaban J connectivity index is 1.92. The van der Waals surface area contributed by atoms with E-state index < -0.39 is 14.9 Å². The van der Waals surface area contributed by atoms with Gasteiger partial charge in [-0.25, -0.2) is 13.6 Å². The second kappa shape index (κ2) is 6.43. The number of amides is 1. The molecule has 27 heavy (non-hydrogen) atoms. The van der Waals surface area contributed by atoms with E-state index in [2.05, 4.69) is 5.10 Å². The Morgan fingerprint density at radius 3 is 2.63 bits per heavy atom. The van der Waals surface area contributed by atoms with Crippen LogP contribution in [0.4, 0.5) is 11.4 Å². The van der Waals surface area contributed by atoms with Crippen LogP contribution in [0.1, 0.15) is 23.9 Å². The van der Waals surface area contributed by atoms with Crippen molar-refractivity contribution >= 4 is 27.3 Å². The van der Waals surface area contributed by atoms with E-state index in [0.29, 0.717) is 23.4 Å². The molecule has 0 saturated carbocycles. The van der Waals surface area contributed by atoms with Gasteiger partial charge in [0, 0.05) is 11.7 Å². The number of benzene rings is 1. The monoisotopic (exact) mass is 393 g/mol. The number of hydrogen-bond donors (Lipinski definition) is 1. The van der Waals surface area contributed by atoms with Crippen molar-refractivity contribution in [2.75, 3.05) is 4.90 Å². The number of nitro groups is 1. The number of nitrogens with two attached hydrogens (primary N) is 1. The lowest BCUT2D eigenvalue weighted by Gasteiger charge is -2.23. The highest BCUT2D eigenvalue weighted by molar-refractivity contribution is 7.89. The average molecular weight is 393 g/mol. The number of aromatic nitrogens is 2. The fourth-order valence-electron chi connectivity index (χ4n) is 3.47. The van der Waals surface area contributed by atoms with Gasteiger partial charge >= 0.3 is 5.69 Å². The number of sulfonamides is 1. The molecule has 0 fully saturated rings. The minimum atomic E-state index is -3.83. The van der Waals surface area contributed by atoms with Gasteiger partial charge in [0.1, 0.15) is 17.9 Å². The fraction of sp³-hybridized carbons (Fsp3) is 0.375. The minimum Gasteiger partial charge on any atom is -0.307 e. The Morgan fingerprint density at radius 2 is 2.07 bits per heavy atom. The number of hydrogen-bond acceptors (Lipinski definition) is 6. The van der Waals surface area contributed by atoms with E-state index in [4.69, 9.17) is 5.14 Å². The second-order valence-corrected chi connectivity index (χ2v) is 8.15. The molecule has 1 unspecified atom stereocenters. The molecule has 3 rings (SSSR count). The first-order valence-electron chi connectivity index (χ1n) is 8.17. The SMILES string of the molecule is Cc1nn(CC(=O)N2c3ccc(S(N)(=O)=O)cc3CC2C)c(C)c1[N+](=O)[O-]. The molecule has 0 saturated heterocycles. The molecule has 2 heterocycles. The average Bonchev–Trinajstić information content (AvgIpc) is 3.01. The number of carbonyl (C=O) groups excluding carboxylic acids is 1. The molecule has 1 aromatic carbocycles. The Morgan fingerprint density at radius 1 is 1.41 bits per heavy atom. The quantitative estimate of drug-likeness (QED) is 0.607. The molecule has 1 aliphatic rings. The summed E-state index contributed by atoms with van der Waals surface area (Å²) in [6.07, 6.45) is 0.488. The molecule has 10 nitrogen and oxygen atoms in total. The predicted molar refractivity (Wildman–Crippen MR) is 96.8 cm³/mol. The maximum atomic E-state index is 12.9. The topological polar surface area (TPSA) is 141 Å². The van der Waals surface area contributed by atoms with Crippen LogP contribution in [0.2, 0.25) is 0 Å². The fourth-order valence-corrected chi connectivity index (χ4v) is 4.04. The van der Waals surface area contributed by atoms with Crippen molar-refractivity contribution in [2.24, 2.45) is 5.14 Å². The molecular weight excluding hydrogens is 374 g/mol. The first-order valence-corrected chi connectivity index (χ1v) is 9.71. The van der Waals surface area contributed by atoms with Gasteiger partial charge < -0.3 is 4.90 Å². The van der Waals surface area contributed by atoms with Gasteiger partial charge in [-0.15, -0.1) is 0 Å². The van der Waals surface area contributed by atoms with Crippen LogP contribution in [0.3, 0.4) is 0 Å². The number of rotatable bonds is 4. The minimum absolute atomic E-state index is 0.00285. The molecule has 1 aliphatic heterocycles. The van der Waals surface area contributed by atoms with E-state index in [-0.39, 0.29) is 34.8 Å². The van der Waals surface area contributed by atoms with Gasteiger partial charge in [-0.05, 0) is 51.0 Å². The van der Waals surface area contributed by atoms with Gasteiger partial charge in [0.15, 0.2) is 0 Å². The molecule has 11 heteroatoms. The predicted octanol–water partition coefficient (Wildman–Crippen LogP) is 1.03. The molecule has 2 N–H and O–H groups in total. The summed E-state index contributed by atoms with van der Waals surface area (Å²) in [5.41, 5.74) is 1.77. The number of fused-ring (bicyclic) bond motifs is 1. The summed E-state index contributed by atoms with van der Waals surface area (Å²) in [6.45, 7) is 4.76. The highest BCUT2D eigenvalue weighted by Gasteiger charge is 2.33. The zero-order chi connectivity index (χ0) is 20.1. The first kappa shape index (κ1) is 19.0. The van der Waals surface area contributed by atoms with Crippen LogP contribution < -0.4 is 10.0 Å². The lowest BCUT2D eigenvalue weighted by atomic mass is 10.1. The zero-order valence-corrected chi connectivity index (χ0v) is 15.9. The van der Waals surface area contributed by atoms with Crippen molar-refractivity contribution in [1.82, 2.24) is 9.78 Å². The van der Waals surface area contributed by atoms with E-state index in [1.165, 1.54) is 23.7 Å². The van der Waals surface area contributed by atoms with Crippen molar-refractivity contribution in [1.29, 1.82) is 0 Å². The summed E-state index contributed by atoms with van der Waals surface area (Å²) in [5.74, 6) is -0.287. The lowest BCUT2D eigenvalue weighted by molar-refractivity contribution is -0.386. The highest BCUT2D eigenvalue weighted by Crippen LogP contribution is 2.34. The molecular formula is C16H19N5O5S. The van der Waals surface area contributed by atoms with Crippen LogP contribution in [-0.2, 0) is 27.8 Å². The van der Waals surface area contributed by atoms with E-state index in [1.54, 1.807) is 17.9 Å². The van der Waals surface area contributed by atoms with Crippen LogP contribution in [0.15, 0.2) is 23.1 Å². The molecule has 144 valence electrons. The van der Waals surface area contributed by atoms with E-state index in [0.717, 1.165) is 0 Å². The van der Waals surface area contributed by atoms with Crippen LogP contribution in [0.5, 0.6) is 0 Å². The van der Waals surface area contributed by atoms with E-state index in [1.807, 2.05) is 6.92 Å². The number of anilines is 1. The maximum Gasteiger partial charge on any atom is 0.312 e. The third-order valence-electron chi connectivity index (χ3n) is 4.67. The van der Waals surface area contributed by atoms with Crippen molar-refractivity contribution < 1.29 is 18.1 Å². The van der Waals surface area contributed by atoms with Gasteiger partial charge in [0.2, 0.25) is 15.9 Å². The van der Waals surface area contributed by atoms with Crippen molar-refractivity contribution in [3.63, 3.8) is 0 Å². The molecule has 1 amide bonds. The number of nitrogens with zero attached hydrogens (tertiary/aromatic N) is 4. The van der Waals surface area contributed by atoms with Crippen molar-refractivity contribution in [2.45, 2.75) is 44.7 Å². The number of aryl methyl sites for hydroxylation is 1. The van der Waals surface area contributed by atoms with Crippen molar-refractivity contribution in [3.8, 4) is 0 Å². The molecule has 2 aromatic rings. The van der Waals surface area contributed by atoms with Crippen LogP contribution in [-0.4, -0.2) is 35.1 Å². The largest absolute Gasteiger partial charge is 0.312 e. The summed E-state index contributed by atoms with van der Waals surface area (Å²) in [4.78, 5) is 25.0. The van der Waals surface area contributed by atoms with Crippen LogP contribution >= 0.6 is 0 Å². The Hall–Kier alpha value is -2.79. The number of carbonyl (C=O) groups is 1. The highest BCUT2D eigenvalue weighted by atomic mass is 32.2. The van der Waals surface area contributed by atoms with Gasteiger partial charge in [-0.1, -0.05) is 0 Å². The smallest absolute Gasteiger partial charge is 0.307 e. The Bertz CT molecular complexity index is 1060. The van der Waals surface area contributed by atoms with Crippen molar-refractivity contribution in [3.05, 3.63) is 45.3 Å². The second-order valence-electron chi connectivity index (χ2n) is 6.59. The third kappa shape index (κ3) is 3.30. The summed E-state index contributed by atoms with van der Waals surface area (Å²) < 4.78 is 24.4. The summed E-state index contributed by atoms with van der Waals surface area (Å²) in [7, 11) is -3.83. The standard InChI is InChI=1S/C16H19N5O5S/c1-9-6-12-7-13(27(17,25)26)4-5-14(12)20(9)15(22)8-19-11(3)16(21(23)24)10(2)18-19/h4-5,7,9H,6,8H2,1-3H3,(H2,17,25,26). The normalized spacial score (nSPS) is 16.4. The molecule has 0 spiro atoms. The third-order valence-corrected chi connectivity index (χ3v) is 5.59. The summed E-state index contributed by atoms with van der Waals surface area (Å²) in [5, 5.41) is 20.4. The van der Waals surface area contributed by atoms with Gasteiger partial charge in [0.05, 0.1) is 9.82 Å². The Labute approximate surface area is 155 Å². The lowest BCUT2D eigenvalue weighted by Crippen LogP contribution is -2.38. The number of primary sulfonamides is 1.